The molecule has 1 aromatic heterocycles. The number of anilines is 1. The van der Waals surface area contributed by atoms with Crippen LogP contribution in [0.2, 0.25) is 0 Å². The van der Waals surface area contributed by atoms with Gasteiger partial charge < -0.3 is 14.6 Å². The number of nitrogens with zero attached hydrogens (tertiary/aromatic N) is 2. The van der Waals surface area contributed by atoms with Crippen molar-refractivity contribution in [3.63, 3.8) is 0 Å². The van der Waals surface area contributed by atoms with Crippen LogP contribution in [-0.4, -0.2) is 36.4 Å². The van der Waals surface area contributed by atoms with Crippen molar-refractivity contribution in [3.8, 4) is 0 Å². The van der Waals surface area contributed by atoms with Crippen molar-refractivity contribution < 1.29 is 18.7 Å². The van der Waals surface area contributed by atoms with E-state index in [1.807, 2.05) is 0 Å². The summed E-state index contributed by atoms with van der Waals surface area (Å²) in [5.74, 6) is -2.06. The number of aromatic nitrogens is 1. The van der Waals surface area contributed by atoms with Crippen LogP contribution in [0.3, 0.4) is 0 Å². The number of aryl methyl sites for hydroxylation is 1. The number of rotatable bonds is 4. The number of aromatic carboxylic acids is 1. The van der Waals surface area contributed by atoms with Crippen LogP contribution >= 0.6 is 0 Å². The molecule has 0 aliphatic heterocycles. The molecule has 1 heterocycles. The van der Waals surface area contributed by atoms with Gasteiger partial charge in [0.15, 0.2) is 0 Å². The Morgan fingerprint density at radius 3 is 2.57 bits per heavy atom. The number of alkyl halides is 1. The zero-order valence-corrected chi connectivity index (χ0v) is 11.6. The predicted octanol–water partition coefficient (Wildman–Crippen LogP) is 1.87. The largest absolute Gasteiger partial charge is 0.477 e. The van der Waals surface area contributed by atoms with Gasteiger partial charge in [-0.15, -0.1) is 0 Å². The number of hydrogen-bond donors (Lipinski definition) is 1. The van der Waals surface area contributed by atoms with Crippen LogP contribution in [0.1, 0.15) is 10.4 Å². The molecule has 21 heavy (non-hydrogen) atoms. The second-order valence-corrected chi connectivity index (χ2v) is 4.77. The number of fused-ring (bicyclic) bond motifs is 1. The van der Waals surface area contributed by atoms with Crippen LogP contribution in [0.5, 0.6) is 0 Å². The Labute approximate surface area is 119 Å². The van der Waals surface area contributed by atoms with Crippen LogP contribution in [-0.2, 0) is 6.54 Å². The van der Waals surface area contributed by atoms with E-state index in [2.05, 4.69) is 0 Å². The first-order valence-corrected chi connectivity index (χ1v) is 6.20. The summed E-state index contributed by atoms with van der Waals surface area (Å²) in [5.41, 5.74) is -0.755. The molecule has 7 heteroatoms. The van der Waals surface area contributed by atoms with Crippen LogP contribution in [0.25, 0.3) is 10.9 Å². The first kappa shape index (κ1) is 15.0. The fraction of sp³-hybridized carbons (Fsp3) is 0.286. The van der Waals surface area contributed by atoms with Gasteiger partial charge in [0.05, 0.1) is 17.7 Å². The zero-order valence-electron chi connectivity index (χ0n) is 11.6. The number of carboxylic acid groups (broad SMARTS) is 1. The lowest BCUT2D eigenvalue weighted by Crippen LogP contribution is -2.20. The van der Waals surface area contributed by atoms with E-state index in [1.54, 1.807) is 14.1 Å². The molecular weight excluding hydrogens is 282 g/mol. The average molecular weight is 296 g/mol. The molecular formula is C14H14F2N2O3. The van der Waals surface area contributed by atoms with E-state index in [1.165, 1.54) is 15.5 Å². The van der Waals surface area contributed by atoms with Crippen molar-refractivity contribution in [1.82, 2.24) is 4.57 Å². The summed E-state index contributed by atoms with van der Waals surface area (Å²) in [6.45, 7) is -0.846. The minimum Gasteiger partial charge on any atom is -0.477 e. The van der Waals surface area contributed by atoms with Gasteiger partial charge in [0, 0.05) is 25.7 Å². The number of hydrogen-bond acceptors (Lipinski definition) is 3. The summed E-state index contributed by atoms with van der Waals surface area (Å²) >= 11 is 0. The number of pyridine rings is 1. The highest BCUT2D eigenvalue weighted by Gasteiger charge is 2.17. The van der Waals surface area contributed by atoms with Crippen molar-refractivity contribution in [1.29, 1.82) is 0 Å². The molecule has 1 aromatic carbocycles. The minimum absolute atomic E-state index is 0.0774. The highest BCUT2D eigenvalue weighted by molar-refractivity contribution is 5.93. The van der Waals surface area contributed by atoms with Crippen molar-refractivity contribution >= 4 is 22.6 Å². The van der Waals surface area contributed by atoms with Gasteiger partial charge in [0.1, 0.15) is 18.1 Å². The quantitative estimate of drug-likeness (QED) is 0.935. The second-order valence-electron chi connectivity index (χ2n) is 4.77. The first-order valence-electron chi connectivity index (χ1n) is 6.20. The molecule has 2 aromatic rings. The Morgan fingerprint density at radius 2 is 2.05 bits per heavy atom. The molecule has 0 aliphatic carbocycles. The highest BCUT2D eigenvalue weighted by Crippen LogP contribution is 2.23. The fourth-order valence-electron chi connectivity index (χ4n) is 2.17. The van der Waals surface area contributed by atoms with E-state index in [0.717, 1.165) is 12.3 Å². The van der Waals surface area contributed by atoms with E-state index in [9.17, 15) is 18.4 Å². The molecule has 112 valence electrons. The van der Waals surface area contributed by atoms with Gasteiger partial charge in [-0.05, 0) is 12.1 Å². The summed E-state index contributed by atoms with van der Waals surface area (Å²) in [4.78, 5) is 24.7. The lowest BCUT2D eigenvalue weighted by molar-refractivity contribution is 0.0694. The van der Waals surface area contributed by atoms with Crippen molar-refractivity contribution in [3.05, 3.63) is 39.9 Å². The Hall–Kier alpha value is -2.44. The van der Waals surface area contributed by atoms with Gasteiger partial charge in [-0.3, -0.25) is 4.79 Å². The Kier molecular flexibility index (Phi) is 3.93. The standard InChI is InChI=1S/C14H14F2N2O3/c1-17(2)12-6-11-8(5-10(12)16)13(19)9(14(20)21)7-18(11)4-3-15/h5-7H,3-4H2,1-2H3,(H,20,21). The van der Waals surface area contributed by atoms with Crippen LogP contribution in [0.15, 0.2) is 23.1 Å². The molecule has 0 fully saturated rings. The highest BCUT2D eigenvalue weighted by atomic mass is 19.1. The average Bonchev–Trinajstić information content (AvgIpc) is 2.41. The third-order valence-electron chi connectivity index (χ3n) is 3.19. The lowest BCUT2D eigenvalue weighted by atomic mass is 10.1. The van der Waals surface area contributed by atoms with Gasteiger partial charge in [-0.1, -0.05) is 0 Å². The van der Waals surface area contributed by atoms with Crippen LogP contribution < -0.4 is 10.3 Å². The van der Waals surface area contributed by atoms with E-state index in [4.69, 9.17) is 5.11 Å². The summed E-state index contributed by atoms with van der Waals surface area (Å²) in [7, 11) is 3.26. The van der Waals surface area contributed by atoms with E-state index >= 15 is 0 Å². The summed E-state index contributed by atoms with van der Waals surface area (Å²) in [5, 5.41) is 8.94. The Morgan fingerprint density at radius 1 is 1.38 bits per heavy atom. The molecule has 0 atom stereocenters. The normalized spacial score (nSPS) is 10.9. The molecule has 0 unspecified atom stereocenters. The molecule has 0 saturated heterocycles. The maximum absolute atomic E-state index is 14.0. The smallest absolute Gasteiger partial charge is 0.341 e. The van der Waals surface area contributed by atoms with E-state index < -0.39 is 29.5 Å². The number of benzene rings is 1. The number of carboxylic acids is 1. The number of carbonyl (C=O) groups is 1. The topological polar surface area (TPSA) is 62.5 Å². The Balaban J connectivity index is 2.90. The molecule has 0 aliphatic rings. The summed E-state index contributed by atoms with van der Waals surface area (Å²) in [6.07, 6.45) is 1.09. The molecule has 0 bridgehead atoms. The van der Waals surface area contributed by atoms with Gasteiger partial charge in [-0.25, -0.2) is 13.6 Å². The lowest BCUT2D eigenvalue weighted by Gasteiger charge is -2.17. The summed E-state index contributed by atoms with van der Waals surface area (Å²) in [6, 6.07) is 2.40. The maximum atomic E-state index is 14.0. The molecule has 2 rings (SSSR count). The third-order valence-corrected chi connectivity index (χ3v) is 3.19. The van der Waals surface area contributed by atoms with Gasteiger partial charge in [0.25, 0.3) is 0 Å². The molecule has 0 saturated carbocycles. The van der Waals surface area contributed by atoms with Crippen molar-refractivity contribution in [2.75, 3.05) is 25.7 Å². The second kappa shape index (κ2) is 5.51. The van der Waals surface area contributed by atoms with Crippen LogP contribution in [0.4, 0.5) is 14.5 Å². The minimum atomic E-state index is -1.42. The Bertz CT molecular complexity index is 769. The van der Waals surface area contributed by atoms with Gasteiger partial charge in [-0.2, -0.15) is 0 Å². The predicted molar refractivity (Wildman–Crippen MR) is 75.4 cm³/mol. The monoisotopic (exact) mass is 296 g/mol. The van der Waals surface area contributed by atoms with Gasteiger partial charge in [0.2, 0.25) is 5.43 Å². The van der Waals surface area contributed by atoms with Crippen molar-refractivity contribution in [2.45, 2.75) is 6.54 Å². The van der Waals surface area contributed by atoms with Crippen LogP contribution in [0, 0.1) is 5.82 Å². The van der Waals surface area contributed by atoms with E-state index in [0.29, 0.717) is 5.52 Å². The first-order chi connectivity index (χ1) is 9.86. The third kappa shape index (κ3) is 2.58. The van der Waals surface area contributed by atoms with Crippen molar-refractivity contribution in [2.24, 2.45) is 0 Å². The SMILES string of the molecule is CN(C)c1cc2c(cc1F)c(=O)c(C(=O)O)cn2CCF. The zero-order chi connectivity index (χ0) is 15.7. The van der Waals surface area contributed by atoms with Gasteiger partial charge >= 0.3 is 5.97 Å². The molecule has 0 spiro atoms. The maximum Gasteiger partial charge on any atom is 0.341 e. The molecule has 0 amide bonds. The number of halogens is 2. The van der Waals surface area contributed by atoms with E-state index in [-0.39, 0.29) is 17.6 Å². The molecule has 1 N–H and O–H groups in total. The fourth-order valence-corrected chi connectivity index (χ4v) is 2.17. The molecule has 5 nitrogen and oxygen atoms in total. The summed E-state index contributed by atoms with van der Waals surface area (Å²) < 4.78 is 27.9. The molecule has 0 radical (unpaired) electrons.